The molecule has 1 aromatic carbocycles. The summed E-state index contributed by atoms with van der Waals surface area (Å²) < 4.78 is 0. The number of benzene rings is 1. The standard InChI is InChI=1S/C21H28N2OS/c1-15-9-11-17(12-10-15)21(19-8-5-13-25-19)22-14-20(24)23-18-7-4-3-6-16(18)2/h5,8-13,16,18,21-22H,3-4,6-7,14H2,1-2H3,(H,23,24)/t16-,18+,21-/m0/s1. The third-order valence-electron chi connectivity index (χ3n) is 5.16. The quantitative estimate of drug-likeness (QED) is 0.804. The zero-order valence-electron chi connectivity index (χ0n) is 15.1. The van der Waals surface area contributed by atoms with E-state index in [2.05, 4.69) is 66.3 Å². The Hall–Kier alpha value is -1.65. The smallest absolute Gasteiger partial charge is 0.234 e. The van der Waals surface area contributed by atoms with Crippen molar-refractivity contribution in [2.24, 2.45) is 5.92 Å². The van der Waals surface area contributed by atoms with E-state index in [4.69, 9.17) is 0 Å². The number of hydrogen-bond acceptors (Lipinski definition) is 3. The molecule has 1 aliphatic carbocycles. The lowest BCUT2D eigenvalue weighted by Gasteiger charge is -2.29. The Morgan fingerprint density at radius 2 is 1.96 bits per heavy atom. The predicted molar refractivity (Wildman–Crippen MR) is 105 cm³/mol. The summed E-state index contributed by atoms with van der Waals surface area (Å²) in [5.74, 6) is 0.690. The molecule has 0 spiro atoms. The van der Waals surface area contributed by atoms with E-state index >= 15 is 0 Å². The van der Waals surface area contributed by atoms with Crippen LogP contribution in [0.5, 0.6) is 0 Å². The maximum Gasteiger partial charge on any atom is 0.234 e. The van der Waals surface area contributed by atoms with Crippen LogP contribution in [0.3, 0.4) is 0 Å². The van der Waals surface area contributed by atoms with Crippen molar-refractivity contribution in [2.45, 2.75) is 51.6 Å². The summed E-state index contributed by atoms with van der Waals surface area (Å²) in [5.41, 5.74) is 2.45. The summed E-state index contributed by atoms with van der Waals surface area (Å²) >= 11 is 1.72. The minimum atomic E-state index is 0.0649. The van der Waals surface area contributed by atoms with Crippen LogP contribution in [0.1, 0.15) is 54.7 Å². The van der Waals surface area contributed by atoms with Gasteiger partial charge in [0.1, 0.15) is 0 Å². The topological polar surface area (TPSA) is 41.1 Å². The van der Waals surface area contributed by atoms with Gasteiger partial charge >= 0.3 is 0 Å². The van der Waals surface area contributed by atoms with Gasteiger partial charge in [-0.2, -0.15) is 0 Å². The molecule has 1 aliphatic rings. The average molecular weight is 357 g/mol. The summed E-state index contributed by atoms with van der Waals surface area (Å²) in [4.78, 5) is 13.7. The maximum absolute atomic E-state index is 12.4. The molecule has 1 aromatic heterocycles. The summed E-state index contributed by atoms with van der Waals surface area (Å²) in [6, 6.07) is 13.1. The monoisotopic (exact) mass is 356 g/mol. The van der Waals surface area contributed by atoms with E-state index in [0.717, 1.165) is 6.42 Å². The van der Waals surface area contributed by atoms with Crippen LogP contribution in [-0.2, 0) is 4.79 Å². The second kappa shape index (κ2) is 8.63. The minimum absolute atomic E-state index is 0.0649. The molecule has 3 nitrogen and oxygen atoms in total. The Labute approximate surface area is 154 Å². The molecular formula is C21H28N2OS. The number of aryl methyl sites for hydroxylation is 1. The van der Waals surface area contributed by atoms with Crippen molar-refractivity contribution in [3.8, 4) is 0 Å². The lowest BCUT2D eigenvalue weighted by Crippen LogP contribution is -2.45. The molecule has 25 heavy (non-hydrogen) atoms. The van der Waals surface area contributed by atoms with Crippen molar-refractivity contribution in [3.63, 3.8) is 0 Å². The minimum Gasteiger partial charge on any atom is -0.352 e. The van der Waals surface area contributed by atoms with E-state index in [-0.39, 0.29) is 11.9 Å². The number of hydrogen-bond donors (Lipinski definition) is 2. The number of carbonyl (C=O) groups is 1. The third kappa shape index (κ3) is 4.93. The first-order valence-corrected chi connectivity index (χ1v) is 10.1. The first kappa shape index (κ1) is 18.2. The fourth-order valence-electron chi connectivity index (χ4n) is 3.58. The molecule has 0 aliphatic heterocycles. The fraction of sp³-hybridized carbons (Fsp3) is 0.476. The first-order valence-electron chi connectivity index (χ1n) is 9.26. The molecule has 3 rings (SSSR count). The van der Waals surface area contributed by atoms with E-state index in [1.807, 2.05) is 0 Å². The molecule has 0 bridgehead atoms. The van der Waals surface area contributed by atoms with Gasteiger partial charge in [0.25, 0.3) is 0 Å². The molecule has 0 saturated heterocycles. The number of rotatable bonds is 6. The van der Waals surface area contributed by atoms with E-state index in [0.29, 0.717) is 18.5 Å². The van der Waals surface area contributed by atoms with Crippen LogP contribution in [0.2, 0.25) is 0 Å². The molecule has 4 heteroatoms. The van der Waals surface area contributed by atoms with Gasteiger partial charge in [-0.3, -0.25) is 10.1 Å². The molecule has 1 saturated carbocycles. The first-order chi connectivity index (χ1) is 12.1. The van der Waals surface area contributed by atoms with Gasteiger partial charge in [-0.1, -0.05) is 55.7 Å². The highest BCUT2D eigenvalue weighted by Crippen LogP contribution is 2.26. The number of thiophene rings is 1. The summed E-state index contributed by atoms with van der Waals surface area (Å²) in [6.07, 6.45) is 4.85. The van der Waals surface area contributed by atoms with E-state index in [9.17, 15) is 4.79 Å². The van der Waals surface area contributed by atoms with Crippen molar-refractivity contribution in [1.82, 2.24) is 10.6 Å². The molecule has 2 N–H and O–H groups in total. The normalized spacial score (nSPS) is 21.7. The van der Waals surface area contributed by atoms with Crippen LogP contribution in [0, 0.1) is 12.8 Å². The van der Waals surface area contributed by atoms with Crippen LogP contribution in [-0.4, -0.2) is 18.5 Å². The Kier molecular flexibility index (Phi) is 6.27. The molecule has 1 fully saturated rings. The average Bonchev–Trinajstić information content (AvgIpc) is 3.13. The molecule has 1 heterocycles. The molecule has 0 unspecified atom stereocenters. The zero-order valence-corrected chi connectivity index (χ0v) is 15.9. The van der Waals surface area contributed by atoms with Crippen molar-refractivity contribution in [2.75, 3.05) is 6.54 Å². The Bertz CT molecular complexity index is 666. The number of nitrogens with one attached hydrogen (secondary N) is 2. The fourth-order valence-corrected chi connectivity index (χ4v) is 4.41. The second-order valence-corrected chi connectivity index (χ2v) is 8.16. The van der Waals surface area contributed by atoms with Crippen LogP contribution in [0.25, 0.3) is 0 Å². The Morgan fingerprint density at radius 1 is 1.20 bits per heavy atom. The molecule has 134 valence electrons. The van der Waals surface area contributed by atoms with Crippen LogP contribution in [0.4, 0.5) is 0 Å². The number of amides is 1. The molecule has 1 amide bonds. The predicted octanol–water partition coefficient (Wildman–Crippen LogP) is 4.43. The summed E-state index contributed by atoms with van der Waals surface area (Å²) in [6.45, 7) is 4.69. The van der Waals surface area contributed by atoms with Crippen LogP contribution in [0.15, 0.2) is 41.8 Å². The second-order valence-electron chi connectivity index (χ2n) is 7.18. The van der Waals surface area contributed by atoms with E-state index in [1.54, 1.807) is 11.3 Å². The van der Waals surface area contributed by atoms with Gasteiger partial charge in [-0.15, -0.1) is 11.3 Å². The SMILES string of the molecule is Cc1ccc([C@H](NCC(=O)N[C@@H]2CCCC[C@@H]2C)c2cccs2)cc1. The lowest BCUT2D eigenvalue weighted by molar-refractivity contribution is -0.121. The molecule has 2 aromatic rings. The van der Waals surface area contributed by atoms with Crippen molar-refractivity contribution < 1.29 is 4.79 Å². The van der Waals surface area contributed by atoms with Crippen molar-refractivity contribution in [1.29, 1.82) is 0 Å². The van der Waals surface area contributed by atoms with Gasteiger partial charge in [0.05, 0.1) is 12.6 Å². The van der Waals surface area contributed by atoms with Gasteiger partial charge in [-0.25, -0.2) is 0 Å². The highest BCUT2D eigenvalue weighted by molar-refractivity contribution is 7.10. The number of carbonyl (C=O) groups excluding carboxylic acids is 1. The van der Waals surface area contributed by atoms with Crippen LogP contribution < -0.4 is 10.6 Å². The summed E-state index contributed by atoms with van der Waals surface area (Å²) in [7, 11) is 0. The molecule has 3 atom stereocenters. The highest BCUT2D eigenvalue weighted by atomic mass is 32.1. The molecular weight excluding hydrogens is 328 g/mol. The Morgan fingerprint density at radius 3 is 2.64 bits per heavy atom. The van der Waals surface area contributed by atoms with Gasteiger partial charge < -0.3 is 5.32 Å². The highest BCUT2D eigenvalue weighted by Gasteiger charge is 2.23. The van der Waals surface area contributed by atoms with Gasteiger partial charge in [-0.05, 0) is 42.7 Å². The van der Waals surface area contributed by atoms with Gasteiger partial charge in [0.2, 0.25) is 5.91 Å². The van der Waals surface area contributed by atoms with Crippen LogP contribution >= 0.6 is 11.3 Å². The van der Waals surface area contributed by atoms with E-state index < -0.39 is 0 Å². The molecule has 0 radical (unpaired) electrons. The van der Waals surface area contributed by atoms with Crippen molar-refractivity contribution in [3.05, 3.63) is 57.8 Å². The van der Waals surface area contributed by atoms with Crippen molar-refractivity contribution >= 4 is 17.2 Å². The third-order valence-corrected chi connectivity index (χ3v) is 6.10. The maximum atomic E-state index is 12.4. The van der Waals surface area contributed by atoms with Gasteiger partial charge in [0, 0.05) is 10.9 Å². The Balaban J connectivity index is 1.62. The zero-order chi connectivity index (χ0) is 17.6. The van der Waals surface area contributed by atoms with E-state index in [1.165, 1.54) is 35.3 Å². The largest absolute Gasteiger partial charge is 0.352 e. The lowest BCUT2D eigenvalue weighted by atomic mass is 9.86. The summed E-state index contributed by atoms with van der Waals surface area (Å²) in [5, 5.41) is 8.78. The van der Waals surface area contributed by atoms with Gasteiger partial charge in [0.15, 0.2) is 0 Å².